The van der Waals surface area contributed by atoms with Gasteiger partial charge in [-0.1, -0.05) is 22.0 Å². The van der Waals surface area contributed by atoms with Crippen molar-refractivity contribution >= 4 is 27.5 Å². The van der Waals surface area contributed by atoms with Gasteiger partial charge in [0.25, 0.3) is 5.91 Å². The van der Waals surface area contributed by atoms with Gasteiger partial charge in [0.05, 0.1) is 13.7 Å². The quantitative estimate of drug-likeness (QED) is 0.756. The molecule has 0 saturated carbocycles. The fraction of sp³-hybridized carbons (Fsp3) is 0.278. The first-order chi connectivity index (χ1) is 11.5. The van der Waals surface area contributed by atoms with Gasteiger partial charge in [-0.3, -0.25) is 4.79 Å². The first-order valence-electron chi connectivity index (χ1n) is 7.73. The van der Waals surface area contributed by atoms with Gasteiger partial charge in [0, 0.05) is 15.7 Å². The number of nitrogens with one attached hydrogen (secondary N) is 2. The van der Waals surface area contributed by atoms with Crippen molar-refractivity contribution in [3.05, 3.63) is 58.3 Å². The van der Waals surface area contributed by atoms with Crippen LogP contribution in [0.4, 0.5) is 10.1 Å². The topological polar surface area (TPSA) is 42.8 Å². The number of methoxy groups -OCH3 is 1. The minimum Gasteiger partial charge on any atom is -0.494 e. The van der Waals surface area contributed by atoms with E-state index >= 15 is 0 Å². The van der Waals surface area contributed by atoms with E-state index in [-0.39, 0.29) is 17.5 Å². The maximum absolute atomic E-state index is 13.8. The molecule has 0 saturated heterocycles. The molecule has 0 fully saturated rings. The van der Waals surface area contributed by atoms with Crippen LogP contribution in [-0.4, -0.2) is 26.1 Å². The van der Waals surface area contributed by atoms with Crippen molar-refractivity contribution in [2.45, 2.75) is 13.5 Å². The highest BCUT2D eigenvalue weighted by molar-refractivity contribution is 9.10. The summed E-state index contributed by atoms with van der Waals surface area (Å²) < 4.78 is 19.6. The monoisotopic (exact) mass is 395 g/mol. The molecule has 2 rings (SSSR count). The van der Waals surface area contributed by atoms with E-state index in [1.807, 2.05) is 37.3 Å². The normalized spacial score (nSPS) is 11.8. The third kappa shape index (κ3) is 5.32. The van der Waals surface area contributed by atoms with Crippen LogP contribution < -0.4 is 15.0 Å². The number of rotatable bonds is 7. The van der Waals surface area contributed by atoms with E-state index < -0.39 is 0 Å². The zero-order valence-corrected chi connectivity index (χ0v) is 15.3. The van der Waals surface area contributed by atoms with Crippen LogP contribution >= 0.6 is 15.9 Å². The SMILES string of the molecule is CC[NH+](CC(=O)Nc1cccc(Br)c1)Cc1ccc(OC)c(F)c1. The lowest BCUT2D eigenvalue weighted by Crippen LogP contribution is -3.11. The molecule has 24 heavy (non-hydrogen) atoms. The molecule has 0 aliphatic rings. The molecule has 128 valence electrons. The van der Waals surface area contributed by atoms with Crippen LogP contribution in [0.25, 0.3) is 0 Å². The predicted octanol–water partition coefficient (Wildman–Crippen LogP) is 2.64. The van der Waals surface area contributed by atoms with Gasteiger partial charge in [-0.05, 0) is 43.3 Å². The molecule has 0 spiro atoms. The number of hydrogen-bond donors (Lipinski definition) is 2. The van der Waals surface area contributed by atoms with Crippen molar-refractivity contribution < 1.29 is 18.8 Å². The van der Waals surface area contributed by atoms with E-state index in [9.17, 15) is 9.18 Å². The van der Waals surface area contributed by atoms with E-state index in [0.29, 0.717) is 13.1 Å². The van der Waals surface area contributed by atoms with Gasteiger partial charge in [0.2, 0.25) is 0 Å². The minimum absolute atomic E-state index is 0.0704. The predicted molar refractivity (Wildman–Crippen MR) is 95.8 cm³/mol. The Balaban J connectivity index is 1.96. The van der Waals surface area contributed by atoms with Gasteiger partial charge in [0.1, 0.15) is 6.54 Å². The van der Waals surface area contributed by atoms with Gasteiger partial charge in [0.15, 0.2) is 18.1 Å². The van der Waals surface area contributed by atoms with Crippen molar-refractivity contribution in [1.82, 2.24) is 0 Å². The molecule has 2 N–H and O–H groups in total. The van der Waals surface area contributed by atoms with Crippen molar-refractivity contribution in [2.75, 3.05) is 25.5 Å². The Morgan fingerprint density at radius 1 is 1.29 bits per heavy atom. The number of amides is 1. The summed E-state index contributed by atoms with van der Waals surface area (Å²) in [6, 6.07) is 12.3. The number of carbonyl (C=O) groups excluding carboxylic acids is 1. The summed E-state index contributed by atoms with van der Waals surface area (Å²) in [5, 5.41) is 2.88. The molecule has 6 heteroatoms. The van der Waals surface area contributed by atoms with Crippen LogP contribution in [0.5, 0.6) is 5.75 Å². The van der Waals surface area contributed by atoms with Crippen molar-refractivity contribution in [1.29, 1.82) is 0 Å². The molecular weight excluding hydrogens is 375 g/mol. The van der Waals surface area contributed by atoms with E-state index in [0.717, 1.165) is 27.2 Å². The van der Waals surface area contributed by atoms with Gasteiger partial charge in [-0.2, -0.15) is 0 Å². The summed E-state index contributed by atoms with van der Waals surface area (Å²) in [4.78, 5) is 13.3. The van der Waals surface area contributed by atoms with Crippen LogP contribution in [0.15, 0.2) is 46.9 Å². The maximum atomic E-state index is 13.8. The highest BCUT2D eigenvalue weighted by Crippen LogP contribution is 2.17. The van der Waals surface area contributed by atoms with Gasteiger partial charge in [-0.25, -0.2) is 4.39 Å². The average molecular weight is 396 g/mol. The Kier molecular flexibility index (Phi) is 6.75. The van der Waals surface area contributed by atoms with Crippen molar-refractivity contribution in [3.8, 4) is 5.75 Å². The summed E-state index contributed by atoms with van der Waals surface area (Å²) in [6.45, 7) is 3.65. The van der Waals surface area contributed by atoms with E-state index in [2.05, 4.69) is 21.2 Å². The van der Waals surface area contributed by atoms with Crippen LogP contribution in [0.2, 0.25) is 0 Å². The second-order valence-corrected chi connectivity index (χ2v) is 6.40. The Morgan fingerprint density at radius 2 is 2.08 bits per heavy atom. The minimum atomic E-state index is -0.385. The standard InChI is InChI=1S/C18H20BrFN2O2/c1-3-22(11-13-7-8-17(24-2)16(20)9-13)12-18(23)21-15-6-4-5-14(19)10-15/h4-10H,3,11-12H2,1-2H3,(H,21,23)/p+1. The first-order valence-corrected chi connectivity index (χ1v) is 8.52. The largest absolute Gasteiger partial charge is 0.494 e. The van der Waals surface area contributed by atoms with Crippen LogP contribution in [0, 0.1) is 5.82 Å². The summed E-state index contributed by atoms with van der Waals surface area (Å²) in [5.41, 5.74) is 1.58. The number of halogens is 2. The van der Waals surface area contributed by atoms with E-state index in [1.165, 1.54) is 13.2 Å². The molecule has 2 aromatic carbocycles. The number of benzene rings is 2. The fourth-order valence-electron chi connectivity index (χ4n) is 2.42. The number of carbonyl (C=O) groups is 1. The molecule has 2 aromatic rings. The lowest BCUT2D eigenvalue weighted by Gasteiger charge is -2.17. The number of quaternary nitrogens is 1. The second-order valence-electron chi connectivity index (χ2n) is 5.48. The molecule has 0 aliphatic carbocycles. The summed E-state index contributed by atoms with van der Waals surface area (Å²) in [7, 11) is 1.44. The Labute approximate surface area is 149 Å². The van der Waals surface area contributed by atoms with E-state index in [4.69, 9.17) is 4.74 Å². The number of anilines is 1. The summed E-state index contributed by atoms with van der Waals surface area (Å²) >= 11 is 3.38. The summed E-state index contributed by atoms with van der Waals surface area (Å²) in [6.07, 6.45) is 0. The molecule has 1 unspecified atom stereocenters. The smallest absolute Gasteiger partial charge is 0.279 e. The molecule has 0 aliphatic heterocycles. The molecule has 0 heterocycles. The highest BCUT2D eigenvalue weighted by Gasteiger charge is 2.15. The molecule has 1 atom stereocenters. The van der Waals surface area contributed by atoms with Crippen molar-refractivity contribution in [3.63, 3.8) is 0 Å². The Hall–Kier alpha value is -1.92. The maximum Gasteiger partial charge on any atom is 0.279 e. The number of hydrogen-bond acceptors (Lipinski definition) is 2. The van der Waals surface area contributed by atoms with Crippen LogP contribution in [-0.2, 0) is 11.3 Å². The number of likely N-dealkylation sites (N-methyl/N-ethyl adjacent to an activating group) is 1. The van der Waals surface area contributed by atoms with Gasteiger partial charge >= 0.3 is 0 Å². The highest BCUT2D eigenvalue weighted by atomic mass is 79.9. The first kappa shape index (κ1) is 18.4. The van der Waals surface area contributed by atoms with Gasteiger partial charge in [-0.15, -0.1) is 0 Å². The Morgan fingerprint density at radius 3 is 2.71 bits per heavy atom. The molecular formula is C18H21BrFN2O2+. The lowest BCUT2D eigenvalue weighted by atomic mass is 10.2. The zero-order valence-electron chi connectivity index (χ0n) is 13.7. The van der Waals surface area contributed by atoms with Crippen LogP contribution in [0.3, 0.4) is 0 Å². The van der Waals surface area contributed by atoms with Crippen molar-refractivity contribution in [2.24, 2.45) is 0 Å². The van der Waals surface area contributed by atoms with Gasteiger partial charge < -0.3 is 15.0 Å². The molecule has 1 amide bonds. The number of ether oxygens (including phenoxy) is 1. The summed E-state index contributed by atoms with van der Waals surface area (Å²) in [5.74, 6) is -0.229. The lowest BCUT2D eigenvalue weighted by molar-refractivity contribution is -0.903. The third-order valence-corrected chi connectivity index (χ3v) is 4.18. The molecule has 4 nitrogen and oxygen atoms in total. The second kappa shape index (κ2) is 8.80. The fourth-order valence-corrected chi connectivity index (χ4v) is 2.82. The van der Waals surface area contributed by atoms with Crippen LogP contribution in [0.1, 0.15) is 12.5 Å². The zero-order chi connectivity index (χ0) is 17.5. The molecule has 0 bridgehead atoms. The molecule has 0 radical (unpaired) electrons. The molecule has 0 aromatic heterocycles. The van der Waals surface area contributed by atoms with E-state index in [1.54, 1.807) is 6.07 Å². The Bertz CT molecular complexity index is 709. The average Bonchev–Trinajstić information content (AvgIpc) is 2.54. The third-order valence-electron chi connectivity index (χ3n) is 3.69.